The summed E-state index contributed by atoms with van der Waals surface area (Å²) in [5.74, 6) is 0.470. The number of benzene rings is 1. The summed E-state index contributed by atoms with van der Waals surface area (Å²) in [5.41, 5.74) is 3.49. The lowest BCUT2D eigenvalue weighted by Crippen LogP contribution is -2.22. The number of fused-ring (bicyclic) bond motifs is 1. The lowest BCUT2D eigenvalue weighted by molar-refractivity contribution is -0.123. The van der Waals surface area contributed by atoms with Crippen LogP contribution in [0.4, 0.5) is 0 Å². The Morgan fingerprint density at radius 3 is 2.82 bits per heavy atom. The van der Waals surface area contributed by atoms with Crippen molar-refractivity contribution >= 4 is 29.7 Å². The molecule has 6 nitrogen and oxygen atoms in total. The van der Waals surface area contributed by atoms with Gasteiger partial charge in [0.1, 0.15) is 11.5 Å². The number of carbonyl (C=O) groups excluding carboxylic acids is 1. The molecule has 0 unspecified atom stereocenters. The Morgan fingerprint density at radius 2 is 2.14 bits per heavy atom. The Labute approximate surface area is 167 Å². The van der Waals surface area contributed by atoms with Crippen molar-refractivity contribution in [1.82, 2.24) is 5.43 Å². The molecule has 0 radical (unpaired) electrons. The number of hydrazone groups is 1. The minimum Gasteiger partial charge on any atom is -0.478 e. The molecule has 2 aromatic rings. The number of halogens is 1. The van der Waals surface area contributed by atoms with Gasteiger partial charge in [-0.05, 0) is 48.4 Å². The molecule has 2 fully saturated rings. The van der Waals surface area contributed by atoms with E-state index in [1.165, 1.54) is 25.1 Å². The van der Waals surface area contributed by atoms with Crippen molar-refractivity contribution in [3.63, 3.8) is 0 Å². The molecule has 0 saturated heterocycles. The number of carbonyl (C=O) groups is 2. The molecule has 2 saturated carbocycles. The summed E-state index contributed by atoms with van der Waals surface area (Å²) in [6.07, 6.45) is 6.11. The number of aromatic carboxylic acids is 1. The number of carboxylic acids is 1. The van der Waals surface area contributed by atoms with Gasteiger partial charge in [-0.1, -0.05) is 37.4 Å². The van der Waals surface area contributed by atoms with Crippen LogP contribution in [-0.2, 0) is 4.79 Å². The van der Waals surface area contributed by atoms with Crippen LogP contribution in [-0.4, -0.2) is 23.2 Å². The van der Waals surface area contributed by atoms with Gasteiger partial charge < -0.3 is 9.52 Å². The molecule has 0 bridgehead atoms. The summed E-state index contributed by atoms with van der Waals surface area (Å²) in [6, 6.07) is 8.08. The molecule has 2 N–H and O–H groups in total. The molecule has 1 amide bonds. The largest absolute Gasteiger partial charge is 0.478 e. The third kappa shape index (κ3) is 3.33. The van der Waals surface area contributed by atoms with Crippen LogP contribution in [0.3, 0.4) is 0 Å². The molecule has 2 aliphatic rings. The van der Waals surface area contributed by atoms with Crippen molar-refractivity contribution in [2.75, 3.05) is 0 Å². The first-order valence-electron chi connectivity index (χ1n) is 9.36. The van der Waals surface area contributed by atoms with Gasteiger partial charge in [0.05, 0.1) is 16.8 Å². The lowest BCUT2D eigenvalue weighted by atomic mass is 9.90. The van der Waals surface area contributed by atoms with Crippen molar-refractivity contribution in [1.29, 1.82) is 0 Å². The number of rotatable bonds is 5. The molecule has 0 spiro atoms. The predicted molar refractivity (Wildman–Crippen MR) is 105 cm³/mol. The molecular weight excluding hydrogens is 380 g/mol. The Kier molecular flexibility index (Phi) is 4.75. The quantitative estimate of drug-likeness (QED) is 0.567. The van der Waals surface area contributed by atoms with Gasteiger partial charge in [0.25, 0.3) is 0 Å². The number of hydrogen-bond acceptors (Lipinski definition) is 4. The van der Waals surface area contributed by atoms with Gasteiger partial charge in [0.15, 0.2) is 0 Å². The van der Waals surface area contributed by atoms with E-state index in [0.717, 1.165) is 12.8 Å². The van der Waals surface area contributed by atoms with Crippen LogP contribution in [0.5, 0.6) is 0 Å². The first kappa shape index (κ1) is 18.7. The molecule has 146 valence electrons. The van der Waals surface area contributed by atoms with Gasteiger partial charge in [-0.3, -0.25) is 4.79 Å². The van der Waals surface area contributed by atoms with E-state index in [-0.39, 0.29) is 27.8 Å². The van der Waals surface area contributed by atoms with E-state index in [1.807, 2.05) is 0 Å². The molecule has 28 heavy (non-hydrogen) atoms. The highest BCUT2D eigenvalue weighted by atomic mass is 35.5. The molecule has 1 aromatic heterocycles. The van der Waals surface area contributed by atoms with Crippen molar-refractivity contribution in [3.8, 4) is 11.3 Å². The average Bonchev–Trinajstić information content (AvgIpc) is 3.02. The van der Waals surface area contributed by atoms with Crippen LogP contribution in [0.25, 0.3) is 11.3 Å². The number of amides is 1. The van der Waals surface area contributed by atoms with Crippen molar-refractivity contribution < 1.29 is 19.1 Å². The van der Waals surface area contributed by atoms with Gasteiger partial charge in [-0.15, -0.1) is 0 Å². The van der Waals surface area contributed by atoms with Crippen LogP contribution in [0, 0.1) is 17.3 Å². The molecule has 4 rings (SSSR count). The normalized spacial score (nSPS) is 26.1. The molecule has 0 aliphatic heterocycles. The maximum atomic E-state index is 12.4. The first-order chi connectivity index (χ1) is 13.4. The van der Waals surface area contributed by atoms with E-state index in [4.69, 9.17) is 21.1 Å². The predicted octanol–water partition coefficient (Wildman–Crippen LogP) is 4.57. The van der Waals surface area contributed by atoms with Crippen LogP contribution >= 0.6 is 11.6 Å². The van der Waals surface area contributed by atoms with Crippen LogP contribution in [0.15, 0.2) is 39.9 Å². The van der Waals surface area contributed by atoms with Crippen LogP contribution in [0.2, 0.25) is 5.02 Å². The second kappa shape index (κ2) is 7.09. The number of furan rings is 1. The fourth-order valence-corrected chi connectivity index (χ4v) is 4.76. The molecule has 2 aliphatic carbocycles. The number of carboxylic acid groups (broad SMARTS) is 1. The van der Waals surface area contributed by atoms with E-state index in [2.05, 4.69) is 17.5 Å². The minimum atomic E-state index is -1.08. The zero-order valence-electron chi connectivity index (χ0n) is 15.4. The Balaban J connectivity index is 1.39. The summed E-state index contributed by atoms with van der Waals surface area (Å²) in [4.78, 5) is 23.4. The van der Waals surface area contributed by atoms with Crippen molar-refractivity contribution in [2.24, 2.45) is 22.4 Å². The van der Waals surface area contributed by atoms with Gasteiger partial charge in [-0.25, -0.2) is 10.2 Å². The highest BCUT2D eigenvalue weighted by Gasteiger charge is 2.64. The molecular formula is C21H21ClN2O4. The monoisotopic (exact) mass is 400 g/mol. The summed E-state index contributed by atoms with van der Waals surface area (Å²) in [5, 5.41) is 13.2. The molecule has 1 aromatic carbocycles. The summed E-state index contributed by atoms with van der Waals surface area (Å²) in [7, 11) is 0. The zero-order chi connectivity index (χ0) is 19.9. The fourth-order valence-electron chi connectivity index (χ4n) is 4.50. The fraction of sp³-hybridized carbons (Fsp3) is 0.381. The Bertz CT molecular complexity index is 967. The summed E-state index contributed by atoms with van der Waals surface area (Å²) < 4.78 is 5.69. The Hall–Kier alpha value is -2.60. The highest BCUT2D eigenvalue weighted by Crippen LogP contribution is 2.66. The molecule has 3 atom stereocenters. The lowest BCUT2D eigenvalue weighted by Gasteiger charge is -2.15. The minimum absolute atomic E-state index is 0.0199. The number of nitrogens with one attached hydrogen (secondary N) is 1. The van der Waals surface area contributed by atoms with Gasteiger partial charge in [0.2, 0.25) is 5.91 Å². The van der Waals surface area contributed by atoms with Crippen LogP contribution < -0.4 is 5.43 Å². The summed E-state index contributed by atoms with van der Waals surface area (Å²) in [6.45, 7) is 2.20. The highest BCUT2D eigenvalue weighted by molar-refractivity contribution is 6.33. The smallest absolute Gasteiger partial charge is 0.337 e. The molecule has 7 heteroatoms. The molecule has 1 heterocycles. The second-order valence-electron chi connectivity index (χ2n) is 7.77. The maximum Gasteiger partial charge on any atom is 0.337 e. The zero-order valence-corrected chi connectivity index (χ0v) is 16.2. The van der Waals surface area contributed by atoms with Gasteiger partial charge >= 0.3 is 5.97 Å². The first-order valence-corrected chi connectivity index (χ1v) is 9.74. The van der Waals surface area contributed by atoms with E-state index in [0.29, 0.717) is 23.0 Å². The maximum absolute atomic E-state index is 12.4. The average molecular weight is 401 g/mol. The van der Waals surface area contributed by atoms with E-state index < -0.39 is 5.97 Å². The SMILES string of the molecule is C[C@]12CCCC[C@H]1[C@H]2C(=O)N/N=C\c1ccc(-c2ccc(C(=O)O)c(Cl)c2)o1. The second-order valence-corrected chi connectivity index (χ2v) is 8.18. The van der Waals surface area contributed by atoms with Crippen molar-refractivity contribution in [2.45, 2.75) is 32.6 Å². The Morgan fingerprint density at radius 1 is 1.32 bits per heavy atom. The van der Waals surface area contributed by atoms with Crippen molar-refractivity contribution in [3.05, 3.63) is 46.7 Å². The topological polar surface area (TPSA) is 91.9 Å². The van der Waals surface area contributed by atoms with Gasteiger partial charge in [-0.2, -0.15) is 5.10 Å². The third-order valence-corrected chi connectivity index (χ3v) is 6.40. The van der Waals surface area contributed by atoms with Gasteiger partial charge in [0, 0.05) is 11.5 Å². The standard InChI is InChI=1S/C21H21ClN2O4/c1-21-9-3-2-4-15(21)18(21)19(25)24-23-11-13-6-8-17(28-13)12-5-7-14(20(26)27)16(22)10-12/h5-8,10-11,15,18H,2-4,9H2,1H3,(H,24,25)(H,26,27)/b23-11-/t15-,18-,21-/m0/s1. The summed E-state index contributed by atoms with van der Waals surface area (Å²) >= 11 is 6.00. The third-order valence-electron chi connectivity index (χ3n) is 6.09. The van der Waals surface area contributed by atoms with Crippen LogP contribution in [0.1, 0.15) is 48.7 Å². The number of nitrogens with zero attached hydrogens (tertiary/aromatic N) is 1. The van der Waals surface area contributed by atoms with E-state index in [9.17, 15) is 9.59 Å². The van der Waals surface area contributed by atoms with E-state index >= 15 is 0 Å². The number of hydrogen-bond donors (Lipinski definition) is 2. The van der Waals surface area contributed by atoms with E-state index in [1.54, 1.807) is 24.3 Å².